The number of carbonyl (C=O) groups is 1. The number of aromatic nitrogens is 2. The molecule has 0 saturated carbocycles. The molecule has 0 spiro atoms. The number of likely N-dealkylation sites (tertiary alicyclic amines) is 1. The van der Waals surface area contributed by atoms with E-state index >= 15 is 0 Å². The molecule has 2 rings (SSSR count). The van der Waals surface area contributed by atoms with Gasteiger partial charge in [0.05, 0.1) is 16.2 Å². The summed E-state index contributed by atoms with van der Waals surface area (Å²) >= 11 is 3.47. The molecule has 0 bridgehead atoms. The second-order valence-corrected chi connectivity index (χ2v) is 6.50. The van der Waals surface area contributed by atoms with E-state index in [1.807, 2.05) is 18.5 Å². The summed E-state index contributed by atoms with van der Waals surface area (Å²) in [5.41, 5.74) is 0.253. The fourth-order valence-corrected chi connectivity index (χ4v) is 3.16. The average molecular weight is 328 g/mol. The zero-order chi connectivity index (χ0) is 14.0. The van der Waals surface area contributed by atoms with Crippen LogP contribution in [-0.4, -0.2) is 39.1 Å². The van der Waals surface area contributed by atoms with Gasteiger partial charge in [0.25, 0.3) is 0 Å². The van der Waals surface area contributed by atoms with E-state index in [4.69, 9.17) is 0 Å². The minimum Gasteiger partial charge on any atom is -0.291 e. The van der Waals surface area contributed by atoms with E-state index in [2.05, 4.69) is 32.9 Å². The number of carbonyl (C=O) groups excluding carboxylic acids is 1. The number of hydrogen-bond acceptors (Lipinski definition) is 3. The van der Waals surface area contributed by atoms with Crippen LogP contribution in [0.5, 0.6) is 0 Å². The van der Waals surface area contributed by atoms with E-state index in [-0.39, 0.29) is 5.78 Å². The largest absolute Gasteiger partial charge is 0.291 e. The maximum Gasteiger partial charge on any atom is 0.201 e. The van der Waals surface area contributed by atoms with Crippen LogP contribution in [0.1, 0.15) is 50.5 Å². The third-order valence-electron chi connectivity index (χ3n) is 3.90. The number of nitrogens with zero attached hydrogens (tertiary/aromatic N) is 3. The quantitative estimate of drug-likeness (QED) is 0.780. The highest BCUT2D eigenvalue weighted by atomic mass is 79.9. The van der Waals surface area contributed by atoms with Crippen LogP contribution in [0.2, 0.25) is 0 Å². The van der Waals surface area contributed by atoms with E-state index in [0.717, 1.165) is 30.5 Å². The molecule has 1 aliphatic rings. The summed E-state index contributed by atoms with van der Waals surface area (Å²) in [6.07, 6.45) is 5.07. The molecule has 2 heterocycles. The maximum atomic E-state index is 12.9. The van der Waals surface area contributed by atoms with Gasteiger partial charge in [-0.25, -0.2) is 0 Å². The van der Waals surface area contributed by atoms with Gasteiger partial charge < -0.3 is 0 Å². The Labute approximate surface area is 123 Å². The SMILES string of the molecule is CCCn1ncc(Br)c1C(=O)C(C)(C)N1CCCC1. The van der Waals surface area contributed by atoms with E-state index in [1.165, 1.54) is 12.8 Å². The van der Waals surface area contributed by atoms with Crippen LogP contribution in [0.15, 0.2) is 10.7 Å². The molecule has 1 aromatic rings. The maximum absolute atomic E-state index is 12.9. The fraction of sp³-hybridized carbons (Fsp3) is 0.714. The van der Waals surface area contributed by atoms with Crippen molar-refractivity contribution < 1.29 is 4.79 Å². The molecular formula is C14H22BrN3O. The zero-order valence-electron chi connectivity index (χ0n) is 11.9. The molecule has 0 amide bonds. The summed E-state index contributed by atoms with van der Waals surface area (Å²) in [6, 6.07) is 0. The van der Waals surface area contributed by atoms with Gasteiger partial charge in [0.15, 0.2) is 0 Å². The van der Waals surface area contributed by atoms with Crippen LogP contribution in [0.4, 0.5) is 0 Å². The molecule has 106 valence electrons. The van der Waals surface area contributed by atoms with Crippen molar-refractivity contribution in [2.75, 3.05) is 13.1 Å². The fourth-order valence-electron chi connectivity index (χ4n) is 2.68. The standard InChI is InChI=1S/C14H22BrN3O/c1-4-7-18-12(11(15)10-16-18)13(19)14(2,3)17-8-5-6-9-17/h10H,4-9H2,1-3H3. The Kier molecular flexibility index (Phi) is 4.46. The van der Waals surface area contributed by atoms with Crippen molar-refractivity contribution in [3.05, 3.63) is 16.4 Å². The van der Waals surface area contributed by atoms with Gasteiger partial charge in [-0.1, -0.05) is 6.92 Å². The molecule has 1 aromatic heterocycles. The summed E-state index contributed by atoms with van der Waals surface area (Å²) in [5, 5.41) is 4.30. The van der Waals surface area contributed by atoms with Crippen LogP contribution in [0.3, 0.4) is 0 Å². The van der Waals surface area contributed by atoms with Crippen molar-refractivity contribution in [2.24, 2.45) is 0 Å². The van der Waals surface area contributed by atoms with E-state index in [1.54, 1.807) is 6.20 Å². The Bertz CT molecular complexity index is 461. The number of Topliss-reactive ketones (excluding diaryl/α,β-unsaturated/α-hetero) is 1. The number of hydrogen-bond donors (Lipinski definition) is 0. The molecular weight excluding hydrogens is 306 g/mol. The highest BCUT2D eigenvalue weighted by Gasteiger charge is 2.38. The Balaban J connectivity index is 2.30. The van der Waals surface area contributed by atoms with Crippen molar-refractivity contribution in [1.82, 2.24) is 14.7 Å². The second kappa shape index (κ2) is 5.75. The van der Waals surface area contributed by atoms with Crippen LogP contribution in [0.25, 0.3) is 0 Å². The van der Waals surface area contributed by atoms with Gasteiger partial charge in [0.2, 0.25) is 5.78 Å². The predicted octanol–water partition coefficient (Wildman–Crippen LogP) is 3.11. The predicted molar refractivity (Wildman–Crippen MR) is 79.4 cm³/mol. The van der Waals surface area contributed by atoms with Crippen molar-refractivity contribution in [3.63, 3.8) is 0 Å². The normalized spacial score (nSPS) is 17.1. The van der Waals surface area contributed by atoms with Gasteiger partial charge in [-0.2, -0.15) is 5.10 Å². The van der Waals surface area contributed by atoms with Crippen LogP contribution < -0.4 is 0 Å². The van der Waals surface area contributed by atoms with Crippen LogP contribution in [-0.2, 0) is 6.54 Å². The topological polar surface area (TPSA) is 38.1 Å². The first kappa shape index (κ1) is 14.7. The van der Waals surface area contributed by atoms with Crippen molar-refractivity contribution >= 4 is 21.7 Å². The third kappa shape index (κ3) is 2.77. The highest BCUT2D eigenvalue weighted by molar-refractivity contribution is 9.10. The van der Waals surface area contributed by atoms with Gasteiger partial charge in [-0.05, 0) is 62.1 Å². The van der Waals surface area contributed by atoms with Gasteiger partial charge in [-0.3, -0.25) is 14.4 Å². The van der Waals surface area contributed by atoms with Gasteiger partial charge in [0, 0.05) is 6.54 Å². The van der Waals surface area contributed by atoms with E-state index < -0.39 is 5.54 Å². The Morgan fingerprint density at radius 1 is 1.42 bits per heavy atom. The zero-order valence-corrected chi connectivity index (χ0v) is 13.5. The lowest BCUT2D eigenvalue weighted by Gasteiger charge is -2.34. The third-order valence-corrected chi connectivity index (χ3v) is 4.48. The lowest BCUT2D eigenvalue weighted by molar-refractivity contribution is 0.0689. The second-order valence-electron chi connectivity index (χ2n) is 5.65. The molecule has 0 N–H and O–H groups in total. The van der Waals surface area contributed by atoms with E-state index in [9.17, 15) is 4.79 Å². The minimum atomic E-state index is -0.454. The molecule has 19 heavy (non-hydrogen) atoms. The molecule has 1 fully saturated rings. The molecule has 0 atom stereocenters. The molecule has 4 nitrogen and oxygen atoms in total. The number of halogens is 1. The Morgan fingerprint density at radius 2 is 2.05 bits per heavy atom. The smallest absolute Gasteiger partial charge is 0.201 e. The lowest BCUT2D eigenvalue weighted by Crippen LogP contribution is -2.49. The Hall–Kier alpha value is -0.680. The molecule has 0 unspecified atom stereocenters. The molecule has 1 saturated heterocycles. The monoisotopic (exact) mass is 327 g/mol. The molecule has 1 aliphatic heterocycles. The van der Waals surface area contributed by atoms with Crippen molar-refractivity contribution in [2.45, 2.75) is 52.1 Å². The van der Waals surface area contributed by atoms with Crippen LogP contribution >= 0.6 is 15.9 Å². The van der Waals surface area contributed by atoms with Crippen molar-refractivity contribution in [1.29, 1.82) is 0 Å². The summed E-state index contributed by atoms with van der Waals surface area (Å²) in [7, 11) is 0. The number of rotatable bonds is 5. The van der Waals surface area contributed by atoms with Crippen molar-refractivity contribution in [3.8, 4) is 0 Å². The van der Waals surface area contributed by atoms with Gasteiger partial charge in [0.1, 0.15) is 5.69 Å². The van der Waals surface area contributed by atoms with Crippen LogP contribution in [0, 0.1) is 0 Å². The first-order chi connectivity index (χ1) is 8.98. The lowest BCUT2D eigenvalue weighted by atomic mass is 9.94. The number of ketones is 1. The Morgan fingerprint density at radius 3 is 2.63 bits per heavy atom. The van der Waals surface area contributed by atoms with Gasteiger partial charge >= 0.3 is 0 Å². The summed E-state index contributed by atoms with van der Waals surface area (Å²) in [5.74, 6) is 0.159. The highest BCUT2D eigenvalue weighted by Crippen LogP contribution is 2.28. The molecule has 0 aliphatic carbocycles. The molecule has 0 radical (unpaired) electrons. The van der Waals surface area contributed by atoms with Gasteiger partial charge in [-0.15, -0.1) is 0 Å². The number of aryl methyl sites for hydroxylation is 1. The summed E-state index contributed by atoms with van der Waals surface area (Å²) < 4.78 is 2.63. The first-order valence-corrected chi connectivity index (χ1v) is 7.79. The molecule has 0 aromatic carbocycles. The summed E-state index contributed by atoms with van der Waals surface area (Å²) in [6.45, 7) is 8.95. The average Bonchev–Trinajstić information content (AvgIpc) is 2.99. The summed E-state index contributed by atoms with van der Waals surface area (Å²) in [4.78, 5) is 15.2. The molecule has 5 heteroatoms. The minimum absolute atomic E-state index is 0.159. The van der Waals surface area contributed by atoms with E-state index in [0.29, 0.717) is 5.69 Å². The first-order valence-electron chi connectivity index (χ1n) is 6.99.